The number of thioether (sulfide) groups is 1. The molecule has 0 fully saturated rings. The van der Waals surface area contributed by atoms with Gasteiger partial charge in [-0.2, -0.15) is 0 Å². The lowest BCUT2D eigenvalue weighted by molar-refractivity contribution is 0.0760. The van der Waals surface area contributed by atoms with E-state index in [-0.39, 0.29) is 0 Å². The molecular weight excluding hydrogens is 136 g/mol. The first-order chi connectivity index (χ1) is 4.38. The van der Waals surface area contributed by atoms with Gasteiger partial charge in [-0.15, -0.1) is 0 Å². The van der Waals surface area contributed by atoms with Crippen molar-refractivity contribution in [2.75, 3.05) is 13.0 Å². The Bertz CT molecular complexity index is 117. The van der Waals surface area contributed by atoms with Crippen molar-refractivity contribution in [3.8, 4) is 0 Å². The van der Waals surface area contributed by atoms with Crippen molar-refractivity contribution >= 4 is 11.8 Å². The summed E-state index contributed by atoms with van der Waals surface area (Å²) < 4.78 is 10.3. The van der Waals surface area contributed by atoms with Gasteiger partial charge in [0, 0.05) is 6.42 Å². The molecule has 0 aliphatic carbocycles. The molecule has 2 nitrogen and oxygen atoms in total. The summed E-state index contributed by atoms with van der Waals surface area (Å²) in [5.41, 5.74) is 0. The molecule has 52 valence electrons. The van der Waals surface area contributed by atoms with Crippen LogP contribution in [0.25, 0.3) is 0 Å². The Morgan fingerprint density at radius 3 is 2.78 bits per heavy atom. The zero-order chi connectivity index (χ0) is 6.69. The monoisotopic (exact) mass is 146 g/mol. The molecule has 1 aliphatic rings. The predicted molar refractivity (Wildman–Crippen MR) is 37.9 cm³/mol. The average Bonchev–Trinajstić information content (AvgIpc) is 2.33. The highest BCUT2D eigenvalue weighted by Gasteiger charge is 2.13. The van der Waals surface area contributed by atoms with Gasteiger partial charge in [0.1, 0.15) is 5.76 Å². The quantitative estimate of drug-likeness (QED) is 0.593. The molecule has 0 saturated heterocycles. The molecule has 0 aromatic rings. The summed E-state index contributed by atoms with van der Waals surface area (Å²) in [5, 5.41) is 0.942. The second kappa shape index (κ2) is 3.01. The smallest absolute Gasteiger partial charge is 0.231 e. The Morgan fingerprint density at radius 1 is 1.56 bits per heavy atom. The molecule has 9 heavy (non-hydrogen) atoms. The lowest BCUT2D eigenvalue weighted by Crippen LogP contribution is -1.81. The average molecular weight is 146 g/mol. The third kappa shape index (κ3) is 1.33. The van der Waals surface area contributed by atoms with Gasteiger partial charge in [0.15, 0.2) is 5.09 Å². The SMILES string of the molecule is CCC1=C(SC)OCO1. The molecule has 0 bridgehead atoms. The van der Waals surface area contributed by atoms with Gasteiger partial charge < -0.3 is 9.47 Å². The van der Waals surface area contributed by atoms with Gasteiger partial charge in [-0.3, -0.25) is 0 Å². The first-order valence-corrected chi connectivity index (χ1v) is 4.13. The van der Waals surface area contributed by atoms with E-state index < -0.39 is 0 Å². The molecule has 1 rings (SSSR count). The minimum atomic E-state index is 0.402. The van der Waals surface area contributed by atoms with E-state index >= 15 is 0 Å². The third-order valence-corrected chi connectivity index (χ3v) is 1.87. The predicted octanol–water partition coefficient (Wildman–Crippen LogP) is 1.93. The van der Waals surface area contributed by atoms with Crippen LogP contribution in [0.1, 0.15) is 13.3 Å². The first kappa shape index (κ1) is 6.81. The van der Waals surface area contributed by atoms with E-state index in [9.17, 15) is 0 Å². The molecule has 0 spiro atoms. The maximum absolute atomic E-state index is 5.14. The van der Waals surface area contributed by atoms with Gasteiger partial charge in [0.25, 0.3) is 0 Å². The summed E-state index contributed by atoms with van der Waals surface area (Å²) in [6, 6.07) is 0. The summed E-state index contributed by atoms with van der Waals surface area (Å²) >= 11 is 1.60. The topological polar surface area (TPSA) is 18.5 Å². The molecule has 1 heterocycles. The standard InChI is InChI=1S/C6H10O2S/c1-3-5-6(9-2)8-4-7-5/h3-4H2,1-2H3. The van der Waals surface area contributed by atoms with E-state index in [2.05, 4.69) is 6.92 Å². The van der Waals surface area contributed by atoms with Gasteiger partial charge >= 0.3 is 0 Å². The summed E-state index contributed by atoms with van der Waals surface area (Å²) in [4.78, 5) is 0. The van der Waals surface area contributed by atoms with Crippen LogP contribution in [0.15, 0.2) is 10.9 Å². The number of ether oxygens (including phenoxy) is 2. The van der Waals surface area contributed by atoms with E-state index in [1.54, 1.807) is 11.8 Å². The highest BCUT2D eigenvalue weighted by molar-refractivity contribution is 8.02. The lowest BCUT2D eigenvalue weighted by atomic mass is 10.4. The van der Waals surface area contributed by atoms with Crippen LogP contribution in [-0.4, -0.2) is 13.0 Å². The summed E-state index contributed by atoms with van der Waals surface area (Å²) in [6.45, 7) is 2.46. The van der Waals surface area contributed by atoms with Crippen molar-refractivity contribution in [2.24, 2.45) is 0 Å². The van der Waals surface area contributed by atoms with E-state index in [4.69, 9.17) is 9.47 Å². The third-order valence-electron chi connectivity index (χ3n) is 1.16. The molecule has 0 aromatic carbocycles. The van der Waals surface area contributed by atoms with Crippen LogP contribution in [0.4, 0.5) is 0 Å². The zero-order valence-electron chi connectivity index (χ0n) is 5.64. The Balaban J connectivity index is 2.59. The van der Waals surface area contributed by atoms with E-state index in [1.807, 2.05) is 6.26 Å². The van der Waals surface area contributed by atoms with Gasteiger partial charge in [-0.1, -0.05) is 18.7 Å². The Morgan fingerprint density at radius 2 is 2.33 bits per heavy atom. The van der Waals surface area contributed by atoms with E-state index in [0.29, 0.717) is 6.79 Å². The van der Waals surface area contributed by atoms with Crippen LogP contribution in [0.2, 0.25) is 0 Å². The largest absolute Gasteiger partial charge is 0.457 e. The normalized spacial score (nSPS) is 17.6. The molecule has 0 radical (unpaired) electrons. The molecule has 1 aliphatic heterocycles. The zero-order valence-corrected chi connectivity index (χ0v) is 6.46. The van der Waals surface area contributed by atoms with Crippen molar-refractivity contribution in [2.45, 2.75) is 13.3 Å². The van der Waals surface area contributed by atoms with Crippen molar-refractivity contribution in [1.82, 2.24) is 0 Å². The number of allylic oxidation sites excluding steroid dienone is 1. The van der Waals surface area contributed by atoms with Gasteiger partial charge in [-0.25, -0.2) is 0 Å². The van der Waals surface area contributed by atoms with Gasteiger partial charge in [0.05, 0.1) is 0 Å². The van der Waals surface area contributed by atoms with Crippen molar-refractivity contribution in [3.05, 3.63) is 10.9 Å². The van der Waals surface area contributed by atoms with Gasteiger partial charge in [-0.05, 0) is 6.26 Å². The highest BCUT2D eigenvalue weighted by Crippen LogP contribution is 2.26. The van der Waals surface area contributed by atoms with Crippen LogP contribution in [-0.2, 0) is 9.47 Å². The molecule has 0 amide bonds. The van der Waals surface area contributed by atoms with Crippen LogP contribution < -0.4 is 0 Å². The highest BCUT2D eigenvalue weighted by atomic mass is 32.2. The van der Waals surface area contributed by atoms with Crippen LogP contribution in [0, 0.1) is 0 Å². The van der Waals surface area contributed by atoms with Crippen molar-refractivity contribution in [3.63, 3.8) is 0 Å². The summed E-state index contributed by atoms with van der Waals surface area (Å²) in [6.07, 6.45) is 2.91. The maximum atomic E-state index is 5.14. The number of rotatable bonds is 2. The van der Waals surface area contributed by atoms with Crippen LogP contribution in [0.5, 0.6) is 0 Å². The second-order valence-corrected chi connectivity index (χ2v) is 2.45. The van der Waals surface area contributed by atoms with E-state index in [0.717, 1.165) is 17.3 Å². The number of hydrogen-bond donors (Lipinski definition) is 0. The summed E-state index contributed by atoms with van der Waals surface area (Å²) in [5.74, 6) is 0.988. The Kier molecular flexibility index (Phi) is 2.28. The summed E-state index contributed by atoms with van der Waals surface area (Å²) in [7, 11) is 0. The molecule has 3 heteroatoms. The van der Waals surface area contributed by atoms with Crippen LogP contribution in [0.3, 0.4) is 0 Å². The van der Waals surface area contributed by atoms with Crippen molar-refractivity contribution < 1.29 is 9.47 Å². The van der Waals surface area contributed by atoms with E-state index in [1.165, 1.54) is 0 Å². The maximum Gasteiger partial charge on any atom is 0.231 e. The van der Waals surface area contributed by atoms with Crippen molar-refractivity contribution in [1.29, 1.82) is 0 Å². The molecule has 0 atom stereocenters. The minimum Gasteiger partial charge on any atom is -0.457 e. The lowest BCUT2D eigenvalue weighted by Gasteiger charge is -1.94. The molecule has 0 unspecified atom stereocenters. The van der Waals surface area contributed by atoms with Crippen LogP contribution >= 0.6 is 11.8 Å². The van der Waals surface area contributed by atoms with Gasteiger partial charge in [0.2, 0.25) is 6.79 Å². The first-order valence-electron chi connectivity index (χ1n) is 2.91. The fourth-order valence-corrected chi connectivity index (χ4v) is 1.31. The Hall–Kier alpha value is -0.310. The molecular formula is C6H10O2S. The fraction of sp³-hybridized carbons (Fsp3) is 0.667. The number of hydrogen-bond acceptors (Lipinski definition) is 3. The molecule has 0 N–H and O–H groups in total. The second-order valence-electron chi connectivity index (χ2n) is 1.67. The minimum absolute atomic E-state index is 0.402. The molecule has 0 saturated carbocycles. The molecule has 0 aromatic heterocycles. The fourth-order valence-electron chi connectivity index (χ4n) is 0.713. The Labute approximate surface area is 59.2 Å².